The van der Waals surface area contributed by atoms with Gasteiger partial charge in [0.2, 0.25) is 0 Å². The number of aliphatic carboxylic acids is 1. The Kier molecular flexibility index (Phi) is 5.72. The molecule has 0 atom stereocenters. The van der Waals surface area contributed by atoms with Crippen LogP contribution in [0.3, 0.4) is 0 Å². The second-order valence-electron chi connectivity index (χ2n) is 4.91. The lowest BCUT2D eigenvalue weighted by Gasteiger charge is -2.08. The van der Waals surface area contributed by atoms with E-state index in [0.717, 1.165) is 10.0 Å². The van der Waals surface area contributed by atoms with Gasteiger partial charge in [-0.1, -0.05) is 34.1 Å². The molecule has 2 N–H and O–H groups in total. The van der Waals surface area contributed by atoms with E-state index < -0.39 is 5.97 Å². The smallest absolute Gasteiger partial charge is 0.303 e. The Hall–Kier alpha value is -2.14. The van der Waals surface area contributed by atoms with Crippen LogP contribution in [0.15, 0.2) is 53.0 Å². The second-order valence-corrected chi connectivity index (χ2v) is 5.83. The molecule has 0 heterocycles. The quantitative estimate of drug-likeness (QED) is 0.813. The fourth-order valence-electron chi connectivity index (χ4n) is 2.08. The van der Waals surface area contributed by atoms with Crippen molar-refractivity contribution in [2.45, 2.75) is 19.3 Å². The lowest BCUT2D eigenvalue weighted by Crippen LogP contribution is -2.11. The van der Waals surface area contributed by atoms with Gasteiger partial charge >= 0.3 is 5.97 Å². The van der Waals surface area contributed by atoms with Crippen LogP contribution in [0, 0.1) is 0 Å². The van der Waals surface area contributed by atoms with E-state index >= 15 is 0 Å². The molecule has 22 heavy (non-hydrogen) atoms. The summed E-state index contributed by atoms with van der Waals surface area (Å²) in [6.45, 7) is 0. The van der Waals surface area contributed by atoms with Crippen LogP contribution < -0.4 is 5.32 Å². The van der Waals surface area contributed by atoms with Crippen molar-refractivity contribution in [3.63, 3.8) is 0 Å². The molecule has 0 spiro atoms. The molecule has 2 rings (SSSR count). The molecule has 0 saturated heterocycles. The Morgan fingerprint density at radius 2 is 1.86 bits per heavy atom. The van der Waals surface area contributed by atoms with Crippen LogP contribution in [-0.4, -0.2) is 17.0 Å². The number of amides is 1. The molecular weight excluding hydrogens is 346 g/mol. The van der Waals surface area contributed by atoms with Gasteiger partial charge in [-0.25, -0.2) is 0 Å². The van der Waals surface area contributed by atoms with Crippen LogP contribution in [0.25, 0.3) is 0 Å². The fraction of sp³-hybridized carbons (Fsp3) is 0.176. The van der Waals surface area contributed by atoms with Crippen LogP contribution in [0.4, 0.5) is 5.69 Å². The van der Waals surface area contributed by atoms with Gasteiger partial charge in [-0.15, -0.1) is 0 Å². The standard InChI is InChI=1S/C17H16BrNO3/c18-14-7-3-6-13(11-14)17(22)19-15-8-1-4-12(10-15)5-2-9-16(20)21/h1,3-4,6-8,10-11H,2,5,9H2,(H,19,22)(H,20,21). The first-order valence-electron chi connectivity index (χ1n) is 6.92. The molecule has 1 amide bonds. The minimum Gasteiger partial charge on any atom is -0.481 e. The first-order valence-corrected chi connectivity index (χ1v) is 7.71. The van der Waals surface area contributed by atoms with Crippen LogP contribution in [0.1, 0.15) is 28.8 Å². The normalized spacial score (nSPS) is 10.2. The highest BCUT2D eigenvalue weighted by atomic mass is 79.9. The monoisotopic (exact) mass is 361 g/mol. The molecule has 0 aromatic heterocycles. The fourth-order valence-corrected chi connectivity index (χ4v) is 2.48. The molecule has 0 aliphatic heterocycles. The Bertz CT molecular complexity index is 685. The van der Waals surface area contributed by atoms with E-state index in [2.05, 4.69) is 21.2 Å². The van der Waals surface area contributed by atoms with Crippen LogP contribution in [0.2, 0.25) is 0 Å². The van der Waals surface area contributed by atoms with Crippen molar-refractivity contribution in [3.05, 3.63) is 64.1 Å². The maximum atomic E-state index is 12.2. The molecule has 2 aromatic rings. The number of nitrogens with one attached hydrogen (secondary N) is 1. The summed E-state index contributed by atoms with van der Waals surface area (Å²) < 4.78 is 0.850. The number of anilines is 1. The summed E-state index contributed by atoms with van der Waals surface area (Å²) in [4.78, 5) is 22.7. The van der Waals surface area contributed by atoms with Crippen molar-refractivity contribution >= 4 is 33.5 Å². The Morgan fingerprint density at radius 1 is 1.09 bits per heavy atom. The van der Waals surface area contributed by atoms with Gasteiger partial charge in [-0.2, -0.15) is 0 Å². The summed E-state index contributed by atoms with van der Waals surface area (Å²) in [6.07, 6.45) is 1.40. The molecule has 0 saturated carbocycles. The zero-order valence-corrected chi connectivity index (χ0v) is 13.5. The minimum absolute atomic E-state index is 0.147. The number of benzene rings is 2. The summed E-state index contributed by atoms with van der Waals surface area (Å²) >= 11 is 3.34. The number of aryl methyl sites for hydroxylation is 1. The molecule has 0 radical (unpaired) electrons. The zero-order valence-electron chi connectivity index (χ0n) is 11.9. The average molecular weight is 362 g/mol. The Morgan fingerprint density at radius 3 is 2.59 bits per heavy atom. The van der Waals surface area contributed by atoms with E-state index in [0.29, 0.717) is 24.1 Å². The molecule has 114 valence electrons. The molecule has 0 bridgehead atoms. The predicted molar refractivity (Wildman–Crippen MR) is 89.1 cm³/mol. The van der Waals surface area contributed by atoms with Gasteiger partial charge in [-0.05, 0) is 48.7 Å². The summed E-state index contributed by atoms with van der Waals surface area (Å²) in [5.41, 5.74) is 2.29. The highest BCUT2D eigenvalue weighted by Gasteiger charge is 2.07. The summed E-state index contributed by atoms with van der Waals surface area (Å²) in [7, 11) is 0. The molecule has 0 aliphatic rings. The number of hydrogen-bond acceptors (Lipinski definition) is 2. The van der Waals surface area contributed by atoms with Crippen molar-refractivity contribution in [1.82, 2.24) is 0 Å². The maximum absolute atomic E-state index is 12.2. The topological polar surface area (TPSA) is 66.4 Å². The van der Waals surface area contributed by atoms with E-state index in [4.69, 9.17) is 5.11 Å². The van der Waals surface area contributed by atoms with Crippen LogP contribution >= 0.6 is 15.9 Å². The number of carboxylic acid groups (broad SMARTS) is 1. The van der Waals surface area contributed by atoms with Gasteiger partial charge in [0.25, 0.3) is 5.91 Å². The van der Waals surface area contributed by atoms with Crippen molar-refractivity contribution < 1.29 is 14.7 Å². The minimum atomic E-state index is -0.792. The number of carbonyl (C=O) groups is 2. The van der Waals surface area contributed by atoms with Gasteiger partial charge in [0.1, 0.15) is 0 Å². The summed E-state index contributed by atoms with van der Waals surface area (Å²) in [5, 5.41) is 11.5. The largest absolute Gasteiger partial charge is 0.481 e. The lowest BCUT2D eigenvalue weighted by molar-refractivity contribution is -0.137. The first-order chi connectivity index (χ1) is 10.5. The predicted octanol–water partition coefficient (Wildman–Crippen LogP) is 4.11. The first kappa shape index (κ1) is 16.2. The highest BCUT2D eigenvalue weighted by Crippen LogP contribution is 2.16. The van der Waals surface area contributed by atoms with Crippen molar-refractivity contribution in [3.8, 4) is 0 Å². The van der Waals surface area contributed by atoms with E-state index in [9.17, 15) is 9.59 Å². The number of halogens is 1. The van der Waals surface area contributed by atoms with Crippen LogP contribution in [-0.2, 0) is 11.2 Å². The van der Waals surface area contributed by atoms with Gasteiger partial charge in [0.05, 0.1) is 0 Å². The Labute approximate surface area is 137 Å². The summed E-state index contributed by atoms with van der Waals surface area (Å²) in [5.74, 6) is -0.969. The van der Waals surface area contributed by atoms with E-state index in [1.54, 1.807) is 18.2 Å². The molecule has 4 nitrogen and oxygen atoms in total. The molecular formula is C17H16BrNO3. The Balaban J connectivity index is 2.00. The number of hydrogen-bond donors (Lipinski definition) is 2. The van der Waals surface area contributed by atoms with E-state index in [1.165, 1.54) is 0 Å². The third-order valence-corrected chi connectivity index (χ3v) is 3.62. The average Bonchev–Trinajstić information content (AvgIpc) is 2.47. The molecule has 0 unspecified atom stereocenters. The van der Waals surface area contributed by atoms with Gasteiger partial charge in [-0.3, -0.25) is 9.59 Å². The maximum Gasteiger partial charge on any atom is 0.303 e. The van der Waals surface area contributed by atoms with Crippen molar-refractivity contribution in [2.75, 3.05) is 5.32 Å². The molecule has 2 aromatic carbocycles. The molecule has 0 fully saturated rings. The van der Waals surface area contributed by atoms with Crippen LogP contribution in [0.5, 0.6) is 0 Å². The third-order valence-electron chi connectivity index (χ3n) is 3.13. The number of carboxylic acids is 1. The third kappa shape index (κ3) is 5.00. The van der Waals surface area contributed by atoms with Crippen molar-refractivity contribution in [2.24, 2.45) is 0 Å². The number of carbonyl (C=O) groups excluding carboxylic acids is 1. The zero-order chi connectivity index (χ0) is 15.9. The van der Waals surface area contributed by atoms with Gasteiger partial charge in [0.15, 0.2) is 0 Å². The molecule has 0 aliphatic carbocycles. The number of rotatable bonds is 6. The SMILES string of the molecule is O=C(O)CCCc1cccc(NC(=O)c2cccc(Br)c2)c1. The van der Waals surface area contributed by atoms with E-state index in [1.807, 2.05) is 30.3 Å². The lowest BCUT2D eigenvalue weighted by atomic mass is 10.1. The van der Waals surface area contributed by atoms with Crippen molar-refractivity contribution in [1.29, 1.82) is 0 Å². The highest BCUT2D eigenvalue weighted by molar-refractivity contribution is 9.10. The van der Waals surface area contributed by atoms with Gasteiger partial charge < -0.3 is 10.4 Å². The molecule has 5 heteroatoms. The van der Waals surface area contributed by atoms with Gasteiger partial charge in [0, 0.05) is 22.1 Å². The summed E-state index contributed by atoms with van der Waals surface area (Å²) in [6, 6.07) is 14.6. The second kappa shape index (κ2) is 7.75. The van der Waals surface area contributed by atoms with E-state index in [-0.39, 0.29) is 12.3 Å².